The molecule has 0 radical (unpaired) electrons. The zero-order valence-corrected chi connectivity index (χ0v) is 37.6. The molecule has 4 aliphatic rings. The molecule has 0 saturated carbocycles. The van der Waals surface area contributed by atoms with Crippen LogP contribution >= 0.6 is 0 Å². The summed E-state index contributed by atoms with van der Waals surface area (Å²) in [6.07, 6.45) is -18.8. The fraction of sp³-hybridized carbons (Fsp3) is 0.844. The van der Waals surface area contributed by atoms with E-state index in [4.69, 9.17) is 43.0 Å². The van der Waals surface area contributed by atoms with Crippen molar-refractivity contribution in [2.45, 2.75) is 144 Å². The Morgan fingerprint density at radius 2 is 1.06 bits per heavy atom. The minimum atomic E-state index is -1.61. The molecule has 19 atom stereocenters. The maximum absolute atomic E-state index is 11.4. The average Bonchev–Trinajstić information content (AvgIpc) is 3.05. The number of methoxy groups -OCH3 is 3. The summed E-state index contributed by atoms with van der Waals surface area (Å²) in [5, 5.41) is 95.5. The van der Waals surface area contributed by atoms with Gasteiger partial charge < -0.3 is 111 Å². The zero-order chi connectivity index (χ0) is 36.6. The Hall–Kier alpha value is 0.167. The van der Waals surface area contributed by atoms with Gasteiger partial charge in [0.15, 0.2) is 12.4 Å². The number of carbonyl (C=O) groups is 1. The van der Waals surface area contributed by atoms with Crippen LogP contribution in [-0.2, 0) is 84.8 Å². The molecule has 4 heterocycles. The van der Waals surface area contributed by atoms with Crippen LogP contribution in [0.3, 0.4) is 0 Å². The number of hydrogen-bond donors (Lipinski definition) is 10. The van der Waals surface area contributed by atoms with Crippen molar-refractivity contribution < 1.29 is 136 Å². The van der Waals surface area contributed by atoms with Crippen molar-refractivity contribution in [1.82, 2.24) is 0 Å². The molecule has 21 heteroatoms. The number of aliphatic carboxylic acids is 1. The molecule has 4 rings (SSSR count). The molecule has 0 aromatic heterocycles. The summed E-state index contributed by atoms with van der Waals surface area (Å²) in [6.45, 7) is 7.45. The van der Waals surface area contributed by atoms with Crippen LogP contribution in [0.5, 0.6) is 0 Å². The van der Waals surface area contributed by atoms with E-state index in [1.165, 1.54) is 41.8 Å². The normalized spacial score (nSPS) is 43.4. The second-order valence-corrected chi connectivity index (χ2v) is 12.0. The number of ether oxygens (including phenoxy) is 8. The molecular weight excluding hydrogens is 1060 g/mol. The van der Waals surface area contributed by atoms with Gasteiger partial charge in [0.05, 0.1) is 31.0 Å². The van der Waals surface area contributed by atoms with Gasteiger partial charge >= 0.3 is 48.1 Å². The van der Waals surface area contributed by atoms with E-state index in [9.17, 15) is 50.8 Å². The van der Waals surface area contributed by atoms with Gasteiger partial charge in [-0.15, -0.1) is 0 Å². The zero-order valence-electron chi connectivity index (χ0n) is 31.7. The molecule has 4 aliphatic heterocycles. The molecule has 0 bridgehead atoms. The third kappa shape index (κ3) is 15.1. The monoisotopic (exact) mass is 1120 g/mol. The van der Waals surface area contributed by atoms with Gasteiger partial charge in [-0.05, 0) is 33.8 Å². The van der Waals surface area contributed by atoms with E-state index >= 15 is 0 Å². The van der Waals surface area contributed by atoms with Crippen LogP contribution in [0.1, 0.15) is 27.7 Å². The predicted molar refractivity (Wildman–Crippen MR) is 177 cm³/mol. The summed E-state index contributed by atoms with van der Waals surface area (Å²) in [6, 6.07) is 0. The average molecular weight is 1120 g/mol. The van der Waals surface area contributed by atoms with Gasteiger partial charge in [0, 0.05) is 27.4 Å². The van der Waals surface area contributed by atoms with Crippen molar-refractivity contribution in [2.24, 2.45) is 0 Å². The van der Waals surface area contributed by atoms with Crippen molar-refractivity contribution in [3.8, 4) is 0 Å². The Labute approximate surface area is 341 Å². The van der Waals surface area contributed by atoms with E-state index < -0.39 is 116 Å². The van der Waals surface area contributed by atoms with Gasteiger partial charge in [-0.3, -0.25) is 0 Å². The van der Waals surface area contributed by atoms with Crippen LogP contribution in [0.4, 0.5) is 0 Å². The summed E-state index contributed by atoms with van der Waals surface area (Å²) in [7, 11) is 4.14. The fourth-order valence-corrected chi connectivity index (χ4v) is 5.50. The van der Waals surface area contributed by atoms with E-state index in [2.05, 4.69) is 0 Å². The first kappa shape index (κ1) is 59.9. The molecule has 0 aromatic rings. The molecule has 19 nitrogen and oxygen atoms in total. The largest absolute Gasteiger partial charge is 2.00 e. The number of carboxylic acids is 1. The van der Waals surface area contributed by atoms with Crippen LogP contribution < -0.4 is 0 Å². The number of hydrogen-bond acceptors (Lipinski definition) is 18. The molecule has 0 amide bonds. The van der Waals surface area contributed by atoms with Crippen molar-refractivity contribution >= 4 is 5.97 Å². The molecule has 0 spiro atoms. The van der Waals surface area contributed by atoms with Gasteiger partial charge in [-0.2, -0.15) is 6.61 Å². The summed E-state index contributed by atoms with van der Waals surface area (Å²) >= 11 is 0. The second kappa shape index (κ2) is 27.7. The Balaban J connectivity index is -0.000000355. The van der Waals surface area contributed by atoms with E-state index in [0.29, 0.717) is 0 Å². The smallest absolute Gasteiger partial charge is 0.545 e. The Morgan fingerprint density at radius 1 is 0.585 bits per heavy atom. The summed E-state index contributed by atoms with van der Waals surface area (Å²) in [4.78, 5) is 11.4. The predicted octanol–water partition coefficient (Wildman–Crippen LogP) is -3.40. The number of carboxylic acid groups (broad SMARTS) is 1. The standard InChI is InChI=1S/C14H24O10.C8H16O5.C7H13O4.3CH3.2W/c1-4-6(15)8(17)9(18)14(23-4)24-11-10(21-3)7(16)5(2)22-12(11)13(19)20;1-4-6(10)8(12-2)7(11)5(3-9)13-4;1-4-6(8)7(9)5(10-2)3-11-4;;;;;/h4-12,14-18H,1-3H3,(H,19,20);4-11H,3H2,1-2H3;3-9H,1-2H3;3*1H3;;/q;;4*-1;2*+2/t4?,5-,6?,7?,8?,9?,10?,11?,12?,14?;4-,5?,6?,7?,8?;;;;;;/m11....../s1. The van der Waals surface area contributed by atoms with Gasteiger partial charge in [0.25, 0.3) is 0 Å². The Morgan fingerprint density at radius 3 is 1.53 bits per heavy atom. The third-order valence-corrected chi connectivity index (χ3v) is 8.66. The van der Waals surface area contributed by atoms with E-state index in [0.717, 1.165) is 0 Å². The maximum atomic E-state index is 11.4. The van der Waals surface area contributed by atoms with E-state index in [1.54, 1.807) is 13.8 Å². The number of aliphatic hydroxyl groups excluding tert-OH is 9. The van der Waals surface area contributed by atoms with Crippen LogP contribution in [0.15, 0.2) is 0 Å². The topological polar surface area (TPSA) is 293 Å². The third-order valence-electron chi connectivity index (χ3n) is 8.66. The van der Waals surface area contributed by atoms with Crippen molar-refractivity contribution in [3.63, 3.8) is 0 Å². The molecule has 316 valence electrons. The van der Waals surface area contributed by atoms with Gasteiger partial charge in [-0.1, -0.05) is 0 Å². The summed E-state index contributed by atoms with van der Waals surface area (Å²) in [5.41, 5.74) is 0. The molecule has 10 N–H and O–H groups in total. The molecular formula is C32H62O19W2. The van der Waals surface area contributed by atoms with Crippen molar-refractivity contribution in [3.05, 3.63) is 28.9 Å². The van der Waals surface area contributed by atoms with Gasteiger partial charge in [0.2, 0.25) is 0 Å². The molecule has 4 fully saturated rings. The first-order valence-electron chi connectivity index (χ1n) is 15.4. The number of rotatable bonds is 7. The van der Waals surface area contributed by atoms with E-state index in [-0.39, 0.29) is 77.1 Å². The molecule has 53 heavy (non-hydrogen) atoms. The molecule has 4 saturated heterocycles. The van der Waals surface area contributed by atoms with Crippen molar-refractivity contribution in [2.75, 3.05) is 27.9 Å². The minimum absolute atomic E-state index is 0. The fourth-order valence-electron chi connectivity index (χ4n) is 5.50. The first-order chi connectivity index (χ1) is 22.5. The van der Waals surface area contributed by atoms with Gasteiger partial charge in [-0.25, -0.2) is 4.79 Å². The Kier molecular flexibility index (Phi) is 31.3. The second-order valence-electron chi connectivity index (χ2n) is 12.0. The first-order valence-corrected chi connectivity index (χ1v) is 15.4. The van der Waals surface area contributed by atoms with E-state index in [1.807, 2.05) is 0 Å². The molecule has 17 unspecified atom stereocenters. The van der Waals surface area contributed by atoms with Crippen LogP contribution in [0, 0.1) is 28.9 Å². The summed E-state index contributed by atoms with van der Waals surface area (Å²) in [5.74, 6) is -1.33. The van der Waals surface area contributed by atoms with Crippen LogP contribution in [0.2, 0.25) is 0 Å². The van der Waals surface area contributed by atoms with Crippen LogP contribution in [0.25, 0.3) is 0 Å². The summed E-state index contributed by atoms with van der Waals surface area (Å²) < 4.78 is 41.1. The quantitative estimate of drug-likeness (QED) is 0.111. The van der Waals surface area contributed by atoms with Crippen molar-refractivity contribution in [1.29, 1.82) is 0 Å². The minimum Gasteiger partial charge on any atom is -0.545 e. The number of aliphatic hydroxyl groups is 9. The maximum Gasteiger partial charge on any atom is 2.00 e. The molecule has 0 aliphatic carbocycles. The molecule has 0 aromatic carbocycles. The van der Waals surface area contributed by atoms with Crippen LogP contribution in [-0.4, -0.2) is 201 Å². The Bertz CT molecular complexity index is 959. The van der Waals surface area contributed by atoms with Gasteiger partial charge in [0.1, 0.15) is 67.1 Å². The SMILES string of the molecule is COC1C(O)C(CO)O[C@H](C)C1O.COC1C(OC2OC(C)C(O)C(O)C2O)C(C(=O)O)O[C@H](C)C1O.COC1[CH-]OC(C)C(O)C1O.[CH3-].[CH3-].[CH3-].[W+2].[W+2].